The van der Waals surface area contributed by atoms with Crippen LogP contribution < -0.4 is 10.1 Å². The van der Waals surface area contributed by atoms with E-state index in [0.29, 0.717) is 42.5 Å². The number of piperidine rings is 1. The predicted octanol–water partition coefficient (Wildman–Crippen LogP) is 2.38. The maximum absolute atomic E-state index is 12.7. The van der Waals surface area contributed by atoms with E-state index in [1.165, 1.54) is 22.6 Å². The first-order chi connectivity index (χ1) is 20.4. The molecule has 42 heavy (non-hydrogen) atoms. The van der Waals surface area contributed by atoms with E-state index in [0.717, 1.165) is 38.4 Å². The zero-order chi connectivity index (χ0) is 29.3. The number of nitrogens with zero attached hydrogens (tertiary/aromatic N) is 7. The fourth-order valence-electron chi connectivity index (χ4n) is 4.58. The average molecular weight is 597 g/mol. The third-order valence-corrected chi connectivity index (χ3v) is 8.23. The number of hydrogen-bond donors (Lipinski definition) is 2. The molecule has 2 aliphatic rings. The molecule has 222 valence electrons. The summed E-state index contributed by atoms with van der Waals surface area (Å²) in [5.41, 5.74) is 1.66. The van der Waals surface area contributed by atoms with Crippen LogP contribution in [0, 0.1) is 0 Å². The zero-order valence-electron chi connectivity index (χ0n) is 22.9. The summed E-state index contributed by atoms with van der Waals surface area (Å²) in [4.78, 5) is 44.4. The highest BCUT2D eigenvalue weighted by atomic mass is 32.2. The number of morpholine rings is 1. The van der Waals surface area contributed by atoms with E-state index in [4.69, 9.17) is 14.6 Å². The molecule has 0 unspecified atom stereocenters. The van der Waals surface area contributed by atoms with Gasteiger partial charge >= 0.3 is 12.1 Å². The SMILES string of the molecule is O=C(O)CCn1nnnc1SC1CCN(C(=O)Oc2ccc(NC(=O)c3ccc(CN4CCOCC4)cc3)nc2)CC1. The van der Waals surface area contributed by atoms with Crippen molar-refractivity contribution in [3.63, 3.8) is 0 Å². The number of carbonyl (C=O) groups excluding carboxylic acids is 2. The fourth-order valence-corrected chi connectivity index (χ4v) is 5.65. The molecule has 2 amide bonds. The van der Waals surface area contributed by atoms with Crippen LogP contribution in [0.4, 0.5) is 10.6 Å². The number of benzene rings is 1. The van der Waals surface area contributed by atoms with Crippen molar-refractivity contribution in [1.82, 2.24) is 35.0 Å². The van der Waals surface area contributed by atoms with E-state index in [9.17, 15) is 14.4 Å². The molecule has 2 aliphatic heterocycles. The highest BCUT2D eigenvalue weighted by molar-refractivity contribution is 7.99. The number of hydrogen-bond acceptors (Lipinski definition) is 11. The number of nitrogens with one attached hydrogen (secondary N) is 1. The number of thioether (sulfide) groups is 1. The third kappa shape index (κ3) is 8.24. The molecule has 0 bridgehead atoms. The van der Waals surface area contributed by atoms with Gasteiger partial charge in [0.1, 0.15) is 5.82 Å². The Hall–Kier alpha value is -4.08. The number of anilines is 1. The van der Waals surface area contributed by atoms with E-state index in [1.54, 1.807) is 29.2 Å². The van der Waals surface area contributed by atoms with Crippen LogP contribution in [-0.2, 0) is 22.6 Å². The number of tetrazole rings is 1. The molecular formula is C27H32N8O6S. The number of aliphatic carboxylic acids is 1. The number of amides is 2. The second kappa shape index (κ2) is 14.2. The van der Waals surface area contributed by atoms with Crippen LogP contribution in [0.25, 0.3) is 0 Å². The monoisotopic (exact) mass is 596 g/mol. The van der Waals surface area contributed by atoms with Gasteiger partial charge in [-0.3, -0.25) is 14.5 Å². The Bertz CT molecular complexity index is 1360. The summed E-state index contributed by atoms with van der Waals surface area (Å²) >= 11 is 1.48. The summed E-state index contributed by atoms with van der Waals surface area (Å²) in [5.74, 6) is -0.564. The van der Waals surface area contributed by atoms with Crippen LogP contribution in [0.1, 0.15) is 35.2 Å². The second-order valence-electron chi connectivity index (χ2n) is 9.92. The molecule has 1 aromatic carbocycles. The minimum Gasteiger partial charge on any atom is -0.481 e. The van der Waals surface area contributed by atoms with Crippen molar-refractivity contribution in [1.29, 1.82) is 0 Å². The van der Waals surface area contributed by atoms with Gasteiger partial charge in [0.25, 0.3) is 5.91 Å². The quantitative estimate of drug-likeness (QED) is 0.352. The van der Waals surface area contributed by atoms with E-state index in [-0.39, 0.29) is 29.9 Å². The molecule has 3 aromatic rings. The first kappa shape index (κ1) is 29.4. The number of rotatable bonds is 10. The zero-order valence-corrected chi connectivity index (χ0v) is 23.7. The summed E-state index contributed by atoms with van der Waals surface area (Å²) < 4.78 is 12.4. The van der Waals surface area contributed by atoms with Gasteiger partial charge < -0.3 is 24.8 Å². The highest BCUT2D eigenvalue weighted by Crippen LogP contribution is 2.29. The van der Waals surface area contributed by atoms with Gasteiger partial charge in [-0.15, -0.1) is 5.10 Å². The molecule has 2 aromatic heterocycles. The van der Waals surface area contributed by atoms with Crippen molar-refractivity contribution >= 4 is 35.5 Å². The van der Waals surface area contributed by atoms with Crippen molar-refractivity contribution in [3.05, 3.63) is 53.7 Å². The molecule has 5 rings (SSSR count). The number of carboxylic acids is 1. The lowest BCUT2D eigenvalue weighted by Crippen LogP contribution is -2.41. The first-order valence-corrected chi connectivity index (χ1v) is 14.6. The summed E-state index contributed by atoms with van der Waals surface area (Å²) in [7, 11) is 0. The molecule has 0 radical (unpaired) electrons. The molecule has 0 aliphatic carbocycles. The van der Waals surface area contributed by atoms with Crippen molar-refractivity contribution in [2.45, 2.75) is 42.8 Å². The molecular weight excluding hydrogens is 564 g/mol. The van der Waals surface area contributed by atoms with Gasteiger partial charge in [-0.2, -0.15) is 0 Å². The van der Waals surface area contributed by atoms with Crippen LogP contribution in [0.3, 0.4) is 0 Å². The Kier molecular flexibility index (Phi) is 9.94. The standard InChI is InChI=1S/C27H32N8O6S/c36-24(37)9-12-35-26(30-31-32-35)42-22-7-10-34(11-8-22)27(39)41-21-5-6-23(28-17-21)29-25(38)20-3-1-19(2-4-20)18-33-13-15-40-16-14-33/h1-6,17,22H,7-16,18H2,(H,36,37)(H,28,29,38). The average Bonchev–Trinajstić information content (AvgIpc) is 3.45. The Morgan fingerprint density at radius 2 is 1.81 bits per heavy atom. The number of likely N-dealkylation sites (tertiary alicyclic amines) is 1. The van der Waals surface area contributed by atoms with Gasteiger partial charge in [-0.1, -0.05) is 23.9 Å². The minimum absolute atomic E-state index is 0.0606. The molecule has 4 heterocycles. The topological polar surface area (TPSA) is 165 Å². The second-order valence-corrected chi connectivity index (χ2v) is 11.2. The number of carbonyl (C=O) groups is 3. The molecule has 14 nitrogen and oxygen atoms in total. The number of aromatic nitrogens is 5. The van der Waals surface area contributed by atoms with Gasteiger partial charge in [0.05, 0.1) is 32.4 Å². The highest BCUT2D eigenvalue weighted by Gasteiger charge is 2.26. The van der Waals surface area contributed by atoms with Gasteiger partial charge in [0.15, 0.2) is 5.75 Å². The molecule has 0 atom stereocenters. The molecule has 15 heteroatoms. The summed E-state index contributed by atoms with van der Waals surface area (Å²) in [5, 5.41) is 23.9. The lowest BCUT2D eigenvalue weighted by atomic mass is 10.1. The Balaban J connectivity index is 1.05. The van der Waals surface area contributed by atoms with E-state index >= 15 is 0 Å². The maximum atomic E-state index is 12.7. The van der Waals surface area contributed by atoms with Gasteiger partial charge in [-0.05, 0) is 53.1 Å². The number of carboxylic acid groups (broad SMARTS) is 1. The molecule has 2 fully saturated rings. The Morgan fingerprint density at radius 3 is 2.50 bits per heavy atom. The van der Waals surface area contributed by atoms with E-state index < -0.39 is 12.1 Å². The van der Waals surface area contributed by atoms with Crippen molar-refractivity contribution < 1.29 is 29.0 Å². The van der Waals surface area contributed by atoms with Crippen LogP contribution in [-0.4, -0.2) is 103 Å². The van der Waals surface area contributed by atoms with Gasteiger partial charge in [-0.25, -0.2) is 14.5 Å². The molecule has 0 spiro atoms. The van der Waals surface area contributed by atoms with Crippen molar-refractivity contribution in [3.8, 4) is 5.75 Å². The first-order valence-electron chi connectivity index (χ1n) is 13.7. The van der Waals surface area contributed by atoms with Crippen LogP contribution in [0.2, 0.25) is 0 Å². The van der Waals surface area contributed by atoms with Gasteiger partial charge in [0, 0.05) is 43.5 Å². The lowest BCUT2D eigenvalue weighted by molar-refractivity contribution is -0.137. The number of ether oxygens (including phenoxy) is 2. The van der Waals surface area contributed by atoms with Crippen LogP contribution in [0.15, 0.2) is 47.8 Å². The Morgan fingerprint density at radius 1 is 1.05 bits per heavy atom. The fraction of sp³-hybridized carbons (Fsp3) is 0.444. The summed E-state index contributed by atoms with van der Waals surface area (Å²) in [6.45, 7) is 5.32. The van der Waals surface area contributed by atoms with Gasteiger partial charge in [0.2, 0.25) is 5.16 Å². The largest absolute Gasteiger partial charge is 0.481 e. The number of pyridine rings is 1. The minimum atomic E-state index is -0.913. The van der Waals surface area contributed by atoms with E-state index in [2.05, 4.69) is 30.7 Å². The molecule has 2 saturated heterocycles. The molecule has 2 N–H and O–H groups in total. The predicted molar refractivity (Wildman–Crippen MR) is 151 cm³/mol. The maximum Gasteiger partial charge on any atom is 0.415 e. The summed E-state index contributed by atoms with van der Waals surface area (Å²) in [6.07, 6.45) is 2.29. The van der Waals surface area contributed by atoms with Crippen molar-refractivity contribution in [2.75, 3.05) is 44.7 Å². The lowest BCUT2D eigenvalue weighted by Gasteiger charge is -2.30. The van der Waals surface area contributed by atoms with Crippen LogP contribution >= 0.6 is 11.8 Å². The Labute approximate surface area is 246 Å². The smallest absolute Gasteiger partial charge is 0.415 e. The van der Waals surface area contributed by atoms with Crippen LogP contribution in [0.5, 0.6) is 5.75 Å². The third-order valence-electron chi connectivity index (χ3n) is 6.92. The van der Waals surface area contributed by atoms with Crippen molar-refractivity contribution in [2.24, 2.45) is 0 Å². The normalized spacial score (nSPS) is 16.2. The number of aryl methyl sites for hydroxylation is 1. The summed E-state index contributed by atoms with van der Waals surface area (Å²) in [6, 6.07) is 10.7. The molecule has 0 saturated carbocycles. The van der Waals surface area contributed by atoms with E-state index in [1.807, 2.05) is 12.1 Å².